The van der Waals surface area contributed by atoms with Crippen LogP contribution < -0.4 is 0 Å². The molecule has 0 bridgehead atoms. The Morgan fingerprint density at radius 1 is 1.14 bits per heavy atom. The zero-order valence-electron chi connectivity index (χ0n) is 16.4. The molecule has 0 aromatic heterocycles. The third kappa shape index (κ3) is 6.40. The molecule has 4 nitrogen and oxygen atoms in total. The number of alkyl halides is 1. The number of halogens is 1. The van der Waals surface area contributed by atoms with E-state index in [-0.39, 0.29) is 12.2 Å². The molecule has 0 radical (unpaired) electrons. The lowest BCUT2D eigenvalue weighted by molar-refractivity contribution is 0.0238. The van der Waals surface area contributed by atoms with Crippen LogP contribution in [-0.2, 0) is 10.3 Å². The van der Waals surface area contributed by atoms with Gasteiger partial charge < -0.3 is 9.84 Å². The van der Waals surface area contributed by atoms with Crippen molar-refractivity contribution in [2.45, 2.75) is 31.3 Å². The molecule has 1 unspecified atom stereocenters. The van der Waals surface area contributed by atoms with Gasteiger partial charge in [0.05, 0.1) is 13.1 Å². The maximum absolute atomic E-state index is 8.67. The van der Waals surface area contributed by atoms with E-state index < -0.39 is 0 Å². The number of ether oxygens (including phenoxy) is 1. The molecule has 5 heteroatoms. The van der Waals surface area contributed by atoms with Gasteiger partial charge in [0, 0.05) is 17.6 Å². The molecule has 2 aromatic rings. The van der Waals surface area contributed by atoms with E-state index in [4.69, 9.17) is 23.0 Å². The predicted octanol–water partition coefficient (Wildman–Crippen LogP) is 6.70. The summed E-state index contributed by atoms with van der Waals surface area (Å²) in [5.74, 6) is 0. The maximum atomic E-state index is 8.67. The largest absolute Gasteiger partial charge is 0.396 e. The Hall–Kier alpha value is -2.19. The monoisotopic (exact) mass is 500 g/mol. The van der Waals surface area contributed by atoms with Crippen molar-refractivity contribution < 1.29 is 9.84 Å². The topological polar surface area (TPSA) is 38.2 Å². The second kappa shape index (κ2) is 11.7. The fourth-order valence-electron chi connectivity index (χ4n) is 3.20. The highest BCUT2D eigenvalue weighted by Crippen LogP contribution is 2.38. The average Bonchev–Trinajstić information content (AvgIpc) is 3.28. The zero-order chi connectivity index (χ0) is 21.1. The second-order valence-electron chi connectivity index (χ2n) is 6.83. The van der Waals surface area contributed by atoms with Gasteiger partial charge in [-0.3, -0.25) is 0 Å². The van der Waals surface area contributed by atoms with Crippen molar-refractivity contribution in [2.75, 3.05) is 17.6 Å². The quantitative estimate of drug-likeness (QED) is 0.272. The molecule has 1 N–H and O–H groups in total. The number of aliphatic hydroxyl groups excluding tert-OH is 1. The van der Waals surface area contributed by atoms with E-state index in [9.17, 15) is 0 Å². The molecule has 1 saturated heterocycles. The fraction of sp³-hybridized carbons (Fsp3) is 0.333. The van der Waals surface area contributed by atoms with Crippen molar-refractivity contribution in [2.24, 2.45) is 0 Å². The van der Waals surface area contributed by atoms with E-state index in [1.807, 2.05) is 36.4 Å². The standard InChI is InChI=1S/C12H12INO.C12H13NO/c1-14-11-5-2-4-10(8-11)12(9-13)6-3-7-15-12;1-10(5-4-8-14)11-6-3-7-12(9-11)13-2/h2,4-5,8H,3,6-7,9H2;3,6-7,9,14H,1,4-5,8H2. The Bertz CT molecular complexity index is 906. The van der Waals surface area contributed by atoms with Gasteiger partial charge in [0.2, 0.25) is 0 Å². The van der Waals surface area contributed by atoms with E-state index in [0.29, 0.717) is 11.4 Å². The van der Waals surface area contributed by atoms with Gasteiger partial charge in [-0.1, -0.05) is 71.6 Å². The molecular weight excluding hydrogens is 475 g/mol. The molecule has 1 fully saturated rings. The van der Waals surface area contributed by atoms with Crippen LogP contribution in [0.4, 0.5) is 11.4 Å². The number of aliphatic hydroxyl groups is 1. The molecule has 0 saturated carbocycles. The number of nitrogens with zero attached hydrogens (tertiary/aromatic N) is 2. The second-order valence-corrected chi connectivity index (χ2v) is 7.60. The highest BCUT2D eigenvalue weighted by atomic mass is 127. The van der Waals surface area contributed by atoms with Gasteiger partial charge >= 0.3 is 0 Å². The summed E-state index contributed by atoms with van der Waals surface area (Å²) in [5.41, 5.74) is 4.32. The minimum absolute atomic E-state index is 0.138. The van der Waals surface area contributed by atoms with Crippen LogP contribution in [0.5, 0.6) is 0 Å². The summed E-state index contributed by atoms with van der Waals surface area (Å²) in [7, 11) is 0. The smallest absolute Gasteiger partial charge is 0.187 e. The van der Waals surface area contributed by atoms with Crippen molar-refractivity contribution in [3.8, 4) is 0 Å². The van der Waals surface area contributed by atoms with Crippen molar-refractivity contribution in [1.82, 2.24) is 0 Å². The highest BCUT2D eigenvalue weighted by molar-refractivity contribution is 14.1. The van der Waals surface area contributed by atoms with Crippen LogP contribution in [-0.4, -0.2) is 22.7 Å². The van der Waals surface area contributed by atoms with Gasteiger partial charge in [0.15, 0.2) is 11.4 Å². The van der Waals surface area contributed by atoms with Gasteiger partial charge in [0.1, 0.15) is 5.60 Å². The zero-order valence-corrected chi connectivity index (χ0v) is 18.6. The third-order valence-electron chi connectivity index (χ3n) is 4.84. The van der Waals surface area contributed by atoms with Gasteiger partial charge in [-0.05, 0) is 48.4 Å². The first-order valence-electron chi connectivity index (χ1n) is 9.53. The van der Waals surface area contributed by atoms with Crippen molar-refractivity contribution >= 4 is 39.5 Å². The highest BCUT2D eigenvalue weighted by Gasteiger charge is 2.35. The Labute approximate surface area is 187 Å². The van der Waals surface area contributed by atoms with Crippen molar-refractivity contribution in [3.05, 3.63) is 89.1 Å². The molecule has 3 rings (SSSR count). The molecule has 0 amide bonds. The molecule has 150 valence electrons. The number of rotatable bonds is 6. The molecular formula is C24H25IN2O2. The molecule has 1 aliphatic rings. The summed E-state index contributed by atoms with van der Waals surface area (Å²) >= 11 is 2.37. The maximum Gasteiger partial charge on any atom is 0.187 e. The fourth-order valence-corrected chi connectivity index (χ4v) is 4.24. The number of hydrogen-bond donors (Lipinski definition) is 1. The van der Waals surface area contributed by atoms with Gasteiger partial charge in [0.25, 0.3) is 0 Å². The SMILES string of the molecule is [C-]#[N+]c1cccc(C(=C)CCCO)c1.[C-]#[N+]c1cccc(C2(CI)CCCO2)c1. The molecule has 0 spiro atoms. The van der Waals surface area contributed by atoms with E-state index in [0.717, 1.165) is 53.4 Å². The first-order valence-corrected chi connectivity index (χ1v) is 11.1. The number of allylic oxidation sites excluding steroid dienone is 1. The molecule has 1 aliphatic heterocycles. The van der Waals surface area contributed by atoms with Gasteiger partial charge in [-0.2, -0.15) is 0 Å². The van der Waals surface area contributed by atoms with E-state index >= 15 is 0 Å². The van der Waals surface area contributed by atoms with Crippen LogP contribution in [0.3, 0.4) is 0 Å². The lowest BCUT2D eigenvalue weighted by Crippen LogP contribution is -2.26. The summed E-state index contributed by atoms with van der Waals surface area (Å²) in [5, 5.41) is 8.67. The summed E-state index contributed by atoms with van der Waals surface area (Å²) in [6.45, 7) is 18.8. The molecule has 29 heavy (non-hydrogen) atoms. The van der Waals surface area contributed by atoms with Crippen LogP contribution in [0.15, 0.2) is 55.1 Å². The molecule has 1 heterocycles. The first-order chi connectivity index (χ1) is 14.1. The summed E-state index contributed by atoms with van der Waals surface area (Å²) in [4.78, 5) is 6.81. The van der Waals surface area contributed by atoms with Crippen molar-refractivity contribution in [1.29, 1.82) is 0 Å². The lowest BCUT2D eigenvalue weighted by Gasteiger charge is -2.26. The Morgan fingerprint density at radius 3 is 2.41 bits per heavy atom. The van der Waals surface area contributed by atoms with Crippen molar-refractivity contribution in [3.63, 3.8) is 0 Å². The average molecular weight is 500 g/mol. The predicted molar refractivity (Wildman–Crippen MR) is 127 cm³/mol. The van der Waals surface area contributed by atoms with Crippen LogP contribution in [0, 0.1) is 13.1 Å². The van der Waals surface area contributed by atoms with E-state index in [1.165, 1.54) is 0 Å². The van der Waals surface area contributed by atoms with E-state index in [1.54, 1.807) is 6.07 Å². The summed E-state index contributed by atoms with van der Waals surface area (Å²) < 4.78 is 6.82. The molecule has 2 aromatic carbocycles. The van der Waals surface area contributed by atoms with Crippen LogP contribution in [0.25, 0.3) is 15.3 Å². The number of benzene rings is 2. The van der Waals surface area contributed by atoms with E-state index in [2.05, 4.69) is 44.9 Å². The minimum atomic E-state index is -0.138. The third-order valence-corrected chi connectivity index (χ3v) is 6.07. The lowest BCUT2D eigenvalue weighted by atomic mass is 9.93. The van der Waals surface area contributed by atoms with Crippen LogP contribution in [0.1, 0.15) is 36.8 Å². The Morgan fingerprint density at radius 2 is 1.83 bits per heavy atom. The summed E-state index contributed by atoms with van der Waals surface area (Å²) in [6.07, 6.45) is 3.68. The Balaban J connectivity index is 0.000000208. The summed E-state index contributed by atoms with van der Waals surface area (Å²) in [6, 6.07) is 15.2. The number of hydrogen-bond acceptors (Lipinski definition) is 2. The first kappa shape index (κ1) is 23.1. The normalized spacial score (nSPS) is 17.5. The van der Waals surface area contributed by atoms with Gasteiger partial charge in [-0.15, -0.1) is 0 Å². The molecule has 1 atom stereocenters. The molecule has 0 aliphatic carbocycles. The van der Waals surface area contributed by atoms with Crippen LogP contribution in [0.2, 0.25) is 0 Å². The minimum Gasteiger partial charge on any atom is -0.396 e. The Kier molecular flexibility index (Phi) is 9.34. The van der Waals surface area contributed by atoms with Gasteiger partial charge in [-0.25, -0.2) is 9.69 Å². The van der Waals surface area contributed by atoms with Crippen LogP contribution >= 0.6 is 22.6 Å².